The van der Waals surface area contributed by atoms with E-state index in [1.54, 1.807) is 14.7 Å². The van der Waals surface area contributed by atoms with Crippen molar-refractivity contribution in [2.45, 2.75) is 0 Å². The minimum atomic E-state index is -0.0266. The molecule has 1 fully saturated rings. The standard InChI is InChI=1S/C17H25N9O/c18-1-5-22-6-10-25-15-16-26(17(25)27)14-13-24(9-4-21)12-11-23(7-2-19)8-3-20/h22H,5-16H2. The summed E-state index contributed by atoms with van der Waals surface area (Å²) in [5, 5.41) is 38.0. The molecule has 0 aliphatic carbocycles. The Morgan fingerprint density at radius 1 is 0.815 bits per heavy atom. The fourth-order valence-electron chi connectivity index (χ4n) is 2.73. The van der Waals surface area contributed by atoms with Crippen molar-refractivity contribution in [3.63, 3.8) is 0 Å². The van der Waals surface area contributed by atoms with Gasteiger partial charge in [-0.1, -0.05) is 0 Å². The first kappa shape index (κ1) is 22.2. The predicted molar refractivity (Wildman–Crippen MR) is 96.7 cm³/mol. The summed E-state index contributed by atoms with van der Waals surface area (Å²) in [7, 11) is 0. The molecule has 1 heterocycles. The Bertz CT molecular complexity index is 608. The van der Waals surface area contributed by atoms with Gasteiger partial charge in [-0.25, -0.2) is 4.79 Å². The van der Waals surface area contributed by atoms with Crippen LogP contribution < -0.4 is 5.32 Å². The number of hydrogen-bond donors (Lipinski definition) is 1. The van der Waals surface area contributed by atoms with Crippen LogP contribution in [0.1, 0.15) is 0 Å². The average Bonchev–Trinajstić information content (AvgIpc) is 3.01. The van der Waals surface area contributed by atoms with E-state index in [-0.39, 0.29) is 32.2 Å². The van der Waals surface area contributed by atoms with Gasteiger partial charge in [0, 0.05) is 52.4 Å². The number of carbonyl (C=O) groups excluding carboxylic acids is 1. The van der Waals surface area contributed by atoms with Crippen LogP contribution in [0.3, 0.4) is 0 Å². The summed E-state index contributed by atoms with van der Waals surface area (Å²) >= 11 is 0. The molecule has 1 N–H and O–H groups in total. The molecule has 0 aromatic rings. The Morgan fingerprint density at radius 3 is 1.96 bits per heavy atom. The number of urea groups is 1. The highest BCUT2D eigenvalue weighted by Gasteiger charge is 2.27. The van der Waals surface area contributed by atoms with Crippen LogP contribution in [0.4, 0.5) is 4.79 Å². The van der Waals surface area contributed by atoms with E-state index in [0.29, 0.717) is 52.4 Å². The molecule has 0 saturated carbocycles. The Morgan fingerprint density at radius 2 is 1.37 bits per heavy atom. The Kier molecular flexibility index (Phi) is 10.9. The fraction of sp³-hybridized carbons (Fsp3) is 0.706. The molecule has 0 bridgehead atoms. The maximum absolute atomic E-state index is 12.4. The lowest BCUT2D eigenvalue weighted by Crippen LogP contribution is -2.42. The van der Waals surface area contributed by atoms with Gasteiger partial charge in [-0.3, -0.25) is 9.80 Å². The molecule has 0 spiro atoms. The lowest BCUT2D eigenvalue weighted by molar-refractivity contribution is 0.181. The molecule has 0 radical (unpaired) electrons. The summed E-state index contributed by atoms with van der Waals surface area (Å²) in [5.74, 6) is 0. The average molecular weight is 371 g/mol. The van der Waals surface area contributed by atoms with Crippen molar-refractivity contribution in [2.24, 2.45) is 0 Å². The van der Waals surface area contributed by atoms with Crippen LogP contribution in [0.5, 0.6) is 0 Å². The highest BCUT2D eigenvalue weighted by molar-refractivity contribution is 5.76. The van der Waals surface area contributed by atoms with E-state index in [9.17, 15) is 4.79 Å². The molecule has 10 heteroatoms. The maximum atomic E-state index is 12.4. The summed E-state index contributed by atoms with van der Waals surface area (Å²) in [6, 6.07) is 8.15. The van der Waals surface area contributed by atoms with E-state index < -0.39 is 0 Å². The maximum Gasteiger partial charge on any atom is 0.320 e. The van der Waals surface area contributed by atoms with Gasteiger partial charge in [-0.15, -0.1) is 0 Å². The van der Waals surface area contributed by atoms with Crippen LogP contribution in [0.15, 0.2) is 0 Å². The highest BCUT2D eigenvalue weighted by Crippen LogP contribution is 2.08. The fourth-order valence-corrected chi connectivity index (χ4v) is 2.73. The largest absolute Gasteiger partial charge is 0.322 e. The van der Waals surface area contributed by atoms with E-state index in [2.05, 4.69) is 11.4 Å². The smallest absolute Gasteiger partial charge is 0.320 e. The monoisotopic (exact) mass is 371 g/mol. The number of nitriles is 4. The summed E-state index contributed by atoms with van der Waals surface area (Å²) in [6.45, 7) is 5.47. The van der Waals surface area contributed by atoms with E-state index in [0.717, 1.165) is 0 Å². The Labute approximate surface area is 160 Å². The van der Waals surface area contributed by atoms with Crippen LogP contribution in [0, 0.1) is 45.3 Å². The van der Waals surface area contributed by atoms with E-state index in [4.69, 9.17) is 21.0 Å². The minimum Gasteiger partial charge on any atom is -0.322 e. The number of carbonyl (C=O) groups is 1. The van der Waals surface area contributed by atoms with Gasteiger partial charge in [0.2, 0.25) is 0 Å². The van der Waals surface area contributed by atoms with Crippen molar-refractivity contribution in [2.75, 3.05) is 78.5 Å². The number of nitrogens with zero attached hydrogens (tertiary/aromatic N) is 8. The Balaban J connectivity index is 2.40. The third kappa shape index (κ3) is 8.35. The second-order valence-electron chi connectivity index (χ2n) is 6.05. The first-order valence-corrected chi connectivity index (χ1v) is 8.83. The molecule has 2 amide bonds. The van der Waals surface area contributed by atoms with Gasteiger partial charge in [0.15, 0.2) is 0 Å². The van der Waals surface area contributed by atoms with Crippen molar-refractivity contribution in [1.29, 1.82) is 21.0 Å². The quantitative estimate of drug-likeness (QED) is 0.322. The molecular weight excluding hydrogens is 346 g/mol. The molecular formula is C17H25N9O. The first-order valence-electron chi connectivity index (χ1n) is 8.83. The van der Waals surface area contributed by atoms with Crippen molar-refractivity contribution in [3.8, 4) is 24.3 Å². The van der Waals surface area contributed by atoms with Gasteiger partial charge in [0.05, 0.1) is 50.5 Å². The molecule has 0 aromatic heterocycles. The Hall–Kier alpha value is -2.89. The van der Waals surface area contributed by atoms with Crippen LogP contribution in [-0.4, -0.2) is 104 Å². The first-order chi connectivity index (χ1) is 13.2. The second kappa shape index (κ2) is 13.3. The van der Waals surface area contributed by atoms with Crippen molar-refractivity contribution >= 4 is 6.03 Å². The van der Waals surface area contributed by atoms with Crippen LogP contribution in [-0.2, 0) is 0 Å². The van der Waals surface area contributed by atoms with Crippen molar-refractivity contribution in [1.82, 2.24) is 24.9 Å². The van der Waals surface area contributed by atoms with Gasteiger partial charge in [-0.2, -0.15) is 21.0 Å². The van der Waals surface area contributed by atoms with E-state index in [1.165, 1.54) is 0 Å². The number of amides is 2. The SMILES string of the molecule is N#CCNCCN1CCN(CCN(CC#N)CCN(CC#N)CC#N)C1=O. The molecule has 1 aliphatic heterocycles. The lowest BCUT2D eigenvalue weighted by atomic mass is 10.4. The van der Waals surface area contributed by atoms with Gasteiger partial charge in [0.1, 0.15) is 0 Å². The minimum absolute atomic E-state index is 0.0266. The molecule has 1 saturated heterocycles. The summed E-state index contributed by atoms with van der Waals surface area (Å²) < 4.78 is 0. The normalized spacial score (nSPS) is 13.5. The van der Waals surface area contributed by atoms with Gasteiger partial charge < -0.3 is 15.1 Å². The number of rotatable bonds is 13. The van der Waals surface area contributed by atoms with Gasteiger partial charge in [0.25, 0.3) is 0 Å². The number of hydrogen-bond acceptors (Lipinski definition) is 8. The van der Waals surface area contributed by atoms with Crippen molar-refractivity contribution in [3.05, 3.63) is 0 Å². The third-order valence-corrected chi connectivity index (χ3v) is 4.24. The van der Waals surface area contributed by atoms with Gasteiger partial charge >= 0.3 is 6.03 Å². The zero-order chi connectivity index (χ0) is 19.9. The van der Waals surface area contributed by atoms with Crippen LogP contribution in [0.2, 0.25) is 0 Å². The third-order valence-electron chi connectivity index (χ3n) is 4.24. The summed E-state index contributed by atoms with van der Waals surface area (Å²) in [5.41, 5.74) is 0. The van der Waals surface area contributed by atoms with Crippen molar-refractivity contribution < 1.29 is 4.79 Å². The second-order valence-corrected chi connectivity index (χ2v) is 6.05. The zero-order valence-electron chi connectivity index (χ0n) is 15.5. The molecule has 27 heavy (non-hydrogen) atoms. The molecule has 10 nitrogen and oxygen atoms in total. The van der Waals surface area contributed by atoms with E-state index in [1.807, 2.05) is 23.1 Å². The zero-order valence-corrected chi connectivity index (χ0v) is 15.5. The van der Waals surface area contributed by atoms with E-state index >= 15 is 0 Å². The topological polar surface area (TPSA) is 137 Å². The van der Waals surface area contributed by atoms with Crippen LogP contribution in [0.25, 0.3) is 0 Å². The summed E-state index contributed by atoms with van der Waals surface area (Å²) in [6.07, 6.45) is 0. The number of nitrogens with one attached hydrogen (secondary N) is 1. The molecule has 1 aliphatic rings. The highest BCUT2D eigenvalue weighted by atomic mass is 16.2. The molecule has 144 valence electrons. The molecule has 0 unspecified atom stereocenters. The summed E-state index contributed by atoms with van der Waals surface area (Å²) in [4.78, 5) is 19.5. The van der Waals surface area contributed by atoms with Gasteiger partial charge in [-0.05, 0) is 0 Å². The molecule has 0 aromatic carbocycles. The lowest BCUT2D eigenvalue weighted by Gasteiger charge is -2.25. The van der Waals surface area contributed by atoms with Crippen LogP contribution >= 0.6 is 0 Å². The predicted octanol–water partition coefficient (Wildman–Crippen LogP) is -0.988. The molecule has 1 rings (SSSR count). The molecule has 0 atom stereocenters.